The predicted molar refractivity (Wildman–Crippen MR) is 70.5 cm³/mol. The van der Waals surface area contributed by atoms with Crippen LogP contribution in [0, 0.1) is 0 Å². The van der Waals surface area contributed by atoms with E-state index in [-0.39, 0.29) is 11.9 Å². The van der Waals surface area contributed by atoms with Crippen molar-refractivity contribution in [2.24, 2.45) is 0 Å². The lowest BCUT2D eigenvalue weighted by Crippen LogP contribution is -2.30. The number of rotatable bonds is 3. The number of hydrogen-bond acceptors (Lipinski definition) is 2. The van der Waals surface area contributed by atoms with Gasteiger partial charge in [-0.25, -0.2) is 4.98 Å². The van der Waals surface area contributed by atoms with Crippen molar-refractivity contribution in [1.82, 2.24) is 14.9 Å². The summed E-state index contributed by atoms with van der Waals surface area (Å²) < 4.78 is 2.11. The number of para-hydroxylation sites is 2. The minimum Gasteiger partial charge on any atom is -0.352 e. The molecule has 2 heterocycles. The molecule has 3 rings (SSSR count). The molecule has 1 saturated heterocycles. The quantitative estimate of drug-likeness (QED) is 0.862. The number of carbonyl (C=O) groups is 1. The molecule has 1 atom stereocenters. The Kier molecular flexibility index (Phi) is 2.96. The van der Waals surface area contributed by atoms with Crippen molar-refractivity contribution in [2.45, 2.75) is 31.3 Å². The lowest BCUT2D eigenvalue weighted by molar-refractivity contribution is -0.119. The van der Waals surface area contributed by atoms with Crippen LogP contribution in [0.15, 0.2) is 24.3 Å². The Bertz CT molecular complexity index is 593. The van der Waals surface area contributed by atoms with Crippen molar-refractivity contribution < 1.29 is 4.79 Å². The number of nitrogens with one attached hydrogen (secondary N) is 1. The Hall–Kier alpha value is -1.55. The number of benzene rings is 1. The normalized spacial score (nSPS) is 19.4. The lowest BCUT2D eigenvalue weighted by Gasteiger charge is -2.13. The highest BCUT2D eigenvalue weighted by molar-refractivity contribution is 6.16. The zero-order chi connectivity index (χ0) is 12.5. The smallest absolute Gasteiger partial charge is 0.220 e. The number of imidazole rings is 1. The van der Waals surface area contributed by atoms with Crippen molar-refractivity contribution in [2.75, 3.05) is 0 Å². The van der Waals surface area contributed by atoms with E-state index in [9.17, 15) is 4.79 Å². The summed E-state index contributed by atoms with van der Waals surface area (Å²) in [5, 5.41) is 2.98. The van der Waals surface area contributed by atoms with Crippen molar-refractivity contribution in [3.05, 3.63) is 30.1 Å². The number of halogens is 1. The molecule has 1 amide bonds. The van der Waals surface area contributed by atoms with Crippen molar-refractivity contribution >= 4 is 28.5 Å². The molecule has 1 aliphatic rings. The van der Waals surface area contributed by atoms with Gasteiger partial charge in [0.2, 0.25) is 5.91 Å². The Balaban J connectivity index is 1.96. The van der Waals surface area contributed by atoms with Gasteiger partial charge in [-0.3, -0.25) is 4.79 Å². The van der Waals surface area contributed by atoms with E-state index in [1.54, 1.807) is 0 Å². The van der Waals surface area contributed by atoms with Gasteiger partial charge >= 0.3 is 0 Å². The monoisotopic (exact) mass is 263 g/mol. The van der Waals surface area contributed by atoms with Crippen LogP contribution in [0.4, 0.5) is 0 Å². The summed E-state index contributed by atoms with van der Waals surface area (Å²) in [7, 11) is 0. The summed E-state index contributed by atoms with van der Waals surface area (Å²) >= 11 is 5.95. The lowest BCUT2D eigenvalue weighted by atomic mass is 10.2. The molecule has 4 nitrogen and oxygen atoms in total. The predicted octanol–water partition coefficient (Wildman–Crippen LogP) is 2.05. The van der Waals surface area contributed by atoms with Crippen LogP contribution in [0.2, 0.25) is 0 Å². The molecular formula is C13H14ClN3O. The summed E-state index contributed by atoms with van der Waals surface area (Å²) in [5.74, 6) is 1.38. The zero-order valence-corrected chi connectivity index (χ0v) is 10.7. The van der Waals surface area contributed by atoms with Gasteiger partial charge in [-0.1, -0.05) is 12.1 Å². The van der Waals surface area contributed by atoms with Gasteiger partial charge in [-0.15, -0.1) is 11.6 Å². The molecule has 1 aromatic carbocycles. The summed E-state index contributed by atoms with van der Waals surface area (Å²) in [5.41, 5.74) is 2.03. The first-order chi connectivity index (χ1) is 8.78. The molecule has 1 aromatic heterocycles. The van der Waals surface area contributed by atoms with Gasteiger partial charge in [0.25, 0.3) is 0 Å². The summed E-state index contributed by atoms with van der Waals surface area (Å²) in [6, 6.07) is 8.17. The molecule has 1 N–H and O–H groups in total. The molecule has 1 unspecified atom stereocenters. The van der Waals surface area contributed by atoms with Crippen molar-refractivity contribution in [1.29, 1.82) is 0 Å². The van der Waals surface area contributed by atoms with E-state index in [0.717, 1.165) is 29.8 Å². The number of alkyl halides is 1. The van der Waals surface area contributed by atoms with Gasteiger partial charge in [-0.05, 0) is 18.6 Å². The van der Waals surface area contributed by atoms with Gasteiger partial charge in [0.15, 0.2) is 0 Å². The molecule has 0 bridgehead atoms. The number of nitrogens with zero attached hydrogens (tertiary/aromatic N) is 2. The van der Waals surface area contributed by atoms with Crippen molar-refractivity contribution in [3.8, 4) is 0 Å². The first-order valence-electron chi connectivity index (χ1n) is 6.07. The average molecular weight is 264 g/mol. The van der Waals surface area contributed by atoms with Gasteiger partial charge in [0, 0.05) is 19.0 Å². The van der Waals surface area contributed by atoms with Crippen LogP contribution in [0.25, 0.3) is 11.0 Å². The largest absolute Gasteiger partial charge is 0.352 e. The fourth-order valence-corrected chi connectivity index (χ4v) is 2.67. The maximum Gasteiger partial charge on any atom is 0.220 e. The Morgan fingerprint density at radius 1 is 1.44 bits per heavy atom. The number of hydrogen-bond donors (Lipinski definition) is 1. The summed E-state index contributed by atoms with van der Waals surface area (Å²) in [6.45, 7) is 0.744. The van der Waals surface area contributed by atoms with Gasteiger partial charge < -0.3 is 9.88 Å². The number of amides is 1. The fourth-order valence-electron chi connectivity index (χ4n) is 2.47. The minimum atomic E-state index is 0.136. The highest BCUT2D eigenvalue weighted by Gasteiger charge is 2.22. The second-order valence-corrected chi connectivity index (χ2v) is 4.83. The standard InChI is InChI=1S/C13H14ClN3O/c14-7-12-16-10-3-1-2-4-11(10)17(12)8-9-5-6-13(18)15-9/h1-4,9H,5-8H2,(H,15,18). The highest BCUT2D eigenvalue weighted by Crippen LogP contribution is 2.19. The van der Waals surface area contributed by atoms with E-state index in [2.05, 4.69) is 14.9 Å². The van der Waals surface area contributed by atoms with E-state index >= 15 is 0 Å². The van der Waals surface area contributed by atoms with E-state index in [4.69, 9.17) is 11.6 Å². The topological polar surface area (TPSA) is 46.9 Å². The van der Waals surface area contributed by atoms with Crippen LogP contribution < -0.4 is 5.32 Å². The van der Waals surface area contributed by atoms with Crippen LogP contribution >= 0.6 is 11.6 Å². The third-order valence-electron chi connectivity index (χ3n) is 3.34. The Labute approximate surface area is 110 Å². The molecule has 5 heteroatoms. The first kappa shape index (κ1) is 11.5. The molecule has 94 valence electrons. The molecule has 0 aliphatic carbocycles. The van der Waals surface area contributed by atoms with Gasteiger partial charge in [0.1, 0.15) is 5.82 Å². The Morgan fingerprint density at radius 2 is 2.28 bits per heavy atom. The molecule has 2 aromatic rings. The van der Waals surface area contributed by atoms with Crippen LogP contribution in [-0.4, -0.2) is 21.5 Å². The van der Waals surface area contributed by atoms with Crippen LogP contribution in [0.3, 0.4) is 0 Å². The maximum atomic E-state index is 11.2. The third-order valence-corrected chi connectivity index (χ3v) is 3.58. The number of carbonyl (C=O) groups excluding carboxylic acids is 1. The van der Waals surface area contributed by atoms with Gasteiger partial charge in [-0.2, -0.15) is 0 Å². The molecule has 0 saturated carbocycles. The minimum absolute atomic E-state index is 0.136. The molecule has 0 spiro atoms. The van der Waals surface area contributed by atoms with Crippen molar-refractivity contribution in [3.63, 3.8) is 0 Å². The fraction of sp³-hybridized carbons (Fsp3) is 0.385. The average Bonchev–Trinajstić information content (AvgIpc) is 2.94. The van der Waals surface area contributed by atoms with Crippen LogP contribution in [0.1, 0.15) is 18.7 Å². The molecule has 1 aliphatic heterocycles. The SMILES string of the molecule is O=C1CCC(Cn2c(CCl)nc3ccccc32)N1. The van der Waals surface area contributed by atoms with E-state index in [1.165, 1.54) is 0 Å². The van der Waals surface area contributed by atoms with E-state index in [0.29, 0.717) is 12.3 Å². The summed E-state index contributed by atoms with van der Waals surface area (Å²) in [6.07, 6.45) is 1.50. The number of aromatic nitrogens is 2. The van der Waals surface area contributed by atoms with Crippen LogP contribution in [-0.2, 0) is 17.2 Å². The Morgan fingerprint density at radius 3 is 3.00 bits per heavy atom. The number of fused-ring (bicyclic) bond motifs is 1. The molecule has 1 fully saturated rings. The maximum absolute atomic E-state index is 11.2. The van der Waals surface area contributed by atoms with E-state index in [1.807, 2.05) is 24.3 Å². The molecule has 18 heavy (non-hydrogen) atoms. The second-order valence-electron chi connectivity index (χ2n) is 4.56. The molecule has 0 radical (unpaired) electrons. The summed E-state index contributed by atoms with van der Waals surface area (Å²) in [4.78, 5) is 15.7. The van der Waals surface area contributed by atoms with Gasteiger partial charge in [0.05, 0.1) is 16.9 Å². The zero-order valence-electron chi connectivity index (χ0n) is 9.90. The second kappa shape index (κ2) is 4.61. The highest BCUT2D eigenvalue weighted by atomic mass is 35.5. The third kappa shape index (κ3) is 1.97. The molecular weight excluding hydrogens is 250 g/mol. The van der Waals surface area contributed by atoms with E-state index < -0.39 is 0 Å². The first-order valence-corrected chi connectivity index (χ1v) is 6.61. The van der Waals surface area contributed by atoms with Crippen LogP contribution in [0.5, 0.6) is 0 Å².